The zero-order valence-electron chi connectivity index (χ0n) is 20.4. The Balaban J connectivity index is 5.39. The number of amides is 3. The Morgan fingerprint density at radius 2 is 1.47 bits per heavy atom. The summed E-state index contributed by atoms with van der Waals surface area (Å²) in [4.78, 5) is 53.5. The largest absolute Gasteiger partial charge is 0.480 e. The molecule has 0 saturated carbocycles. The van der Waals surface area contributed by atoms with Gasteiger partial charge in [0, 0.05) is 12.3 Å². The van der Waals surface area contributed by atoms with Gasteiger partial charge < -0.3 is 38.3 Å². The number of hydrogen-bond donors (Lipinski definition) is 8. The Morgan fingerprint density at radius 3 is 1.94 bits per heavy atom. The standard InChI is InChI=1S/C21H41N7O5S/c1-5-12(4)16(22)19(31)26-13(7-6-8-25-21(23)24)17(29)28-15(10-34)18(30)27-14(20(32)33)9-11(2)3/h11-16,34H,5-10,22H2,1-4H3,(H,26,31)(H,27,30)(H,28,29)(H,32,33)(H4,23,24,25). The van der Waals surface area contributed by atoms with Crippen LogP contribution >= 0.6 is 12.6 Å². The van der Waals surface area contributed by atoms with Crippen LogP contribution in [0.15, 0.2) is 4.99 Å². The van der Waals surface area contributed by atoms with Gasteiger partial charge in [0.05, 0.1) is 6.04 Å². The smallest absolute Gasteiger partial charge is 0.326 e. The highest BCUT2D eigenvalue weighted by Crippen LogP contribution is 2.08. The second-order valence-corrected chi connectivity index (χ2v) is 9.06. The van der Waals surface area contributed by atoms with E-state index in [0.29, 0.717) is 12.8 Å². The molecule has 0 spiro atoms. The van der Waals surface area contributed by atoms with E-state index < -0.39 is 47.9 Å². The summed E-state index contributed by atoms with van der Waals surface area (Å²) in [6, 6.07) is -4.02. The number of aliphatic carboxylic acids is 1. The Hall–Kier alpha value is -2.54. The van der Waals surface area contributed by atoms with E-state index in [1.165, 1.54) is 0 Å². The first kappa shape index (κ1) is 31.5. The summed E-state index contributed by atoms with van der Waals surface area (Å²) in [6.45, 7) is 7.64. The molecule has 0 bridgehead atoms. The van der Waals surface area contributed by atoms with Crippen LogP contribution < -0.4 is 33.2 Å². The van der Waals surface area contributed by atoms with E-state index in [1.807, 2.05) is 27.7 Å². The number of carbonyl (C=O) groups excluding carboxylic acids is 3. The normalized spacial score (nSPS) is 15.4. The number of guanidine groups is 1. The lowest BCUT2D eigenvalue weighted by atomic mass is 9.98. The number of rotatable bonds is 16. The monoisotopic (exact) mass is 503 g/mol. The number of carbonyl (C=O) groups is 4. The van der Waals surface area contributed by atoms with E-state index in [4.69, 9.17) is 17.2 Å². The molecule has 12 nitrogen and oxygen atoms in total. The van der Waals surface area contributed by atoms with E-state index in [0.717, 1.165) is 0 Å². The van der Waals surface area contributed by atoms with E-state index in [-0.39, 0.29) is 42.9 Å². The molecule has 0 aromatic carbocycles. The van der Waals surface area contributed by atoms with Crippen LogP contribution in [0.3, 0.4) is 0 Å². The SMILES string of the molecule is CCC(C)C(N)C(=O)NC(CCCN=C(N)N)C(=O)NC(CS)C(=O)NC(CC(C)C)C(=O)O. The average Bonchev–Trinajstić information content (AvgIpc) is 2.76. The summed E-state index contributed by atoms with van der Waals surface area (Å²) < 4.78 is 0. The third-order valence-corrected chi connectivity index (χ3v) is 5.64. The van der Waals surface area contributed by atoms with Crippen LogP contribution in [0.2, 0.25) is 0 Å². The molecule has 3 amide bonds. The minimum Gasteiger partial charge on any atom is -0.480 e. The van der Waals surface area contributed by atoms with Gasteiger partial charge >= 0.3 is 5.97 Å². The Morgan fingerprint density at radius 1 is 0.941 bits per heavy atom. The van der Waals surface area contributed by atoms with Gasteiger partial charge in [-0.05, 0) is 31.1 Å². The summed E-state index contributed by atoms with van der Waals surface area (Å²) in [7, 11) is 0. The third-order valence-electron chi connectivity index (χ3n) is 5.28. The first-order chi connectivity index (χ1) is 15.8. The predicted octanol–water partition coefficient (Wildman–Crippen LogP) is -1.07. The summed E-state index contributed by atoms with van der Waals surface area (Å²) in [5.74, 6) is -3.21. The number of nitrogens with two attached hydrogens (primary N) is 3. The van der Waals surface area contributed by atoms with Crippen LogP contribution in [0.5, 0.6) is 0 Å². The summed E-state index contributed by atoms with van der Waals surface area (Å²) in [5, 5.41) is 17.0. The van der Waals surface area contributed by atoms with Crippen LogP contribution in [0.4, 0.5) is 0 Å². The topological polar surface area (TPSA) is 215 Å². The molecule has 0 saturated heterocycles. The van der Waals surface area contributed by atoms with Crippen molar-refractivity contribution in [1.29, 1.82) is 0 Å². The molecule has 10 N–H and O–H groups in total. The summed E-state index contributed by atoms with van der Waals surface area (Å²) in [5.41, 5.74) is 16.6. The lowest BCUT2D eigenvalue weighted by Gasteiger charge is -2.25. The van der Waals surface area contributed by atoms with Crippen LogP contribution in [0.25, 0.3) is 0 Å². The van der Waals surface area contributed by atoms with Gasteiger partial charge in [-0.15, -0.1) is 0 Å². The Labute approximate surface area is 206 Å². The van der Waals surface area contributed by atoms with Gasteiger partial charge in [-0.2, -0.15) is 12.6 Å². The number of hydrogen-bond acceptors (Lipinski definition) is 7. The average molecular weight is 504 g/mol. The predicted molar refractivity (Wildman–Crippen MR) is 134 cm³/mol. The lowest BCUT2D eigenvalue weighted by molar-refractivity contribution is -0.142. The molecule has 0 aromatic rings. The molecule has 34 heavy (non-hydrogen) atoms. The molecule has 5 unspecified atom stereocenters. The van der Waals surface area contributed by atoms with Crippen LogP contribution in [-0.4, -0.2) is 71.2 Å². The van der Waals surface area contributed by atoms with E-state index in [1.54, 1.807) is 0 Å². The van der Waals surface area contributed by atoms with Crippen molar-refractivity contribution in [1.82, 2.24) is 16.0 Å². The van der Waals surface area contributed by atoms with Gasteiger partial charge in [0.2, 0.25) is 17.7 Å². The van der Waals surface area contributed by atoms with Gasteiger partial charge in [-0.1, -0.05) is 34.1 Å². The number of carboxylic acids is 1. The molecule has 0 aliphatic rings. The number of carboxylic acid groups (broad SMARTS) is 1. The van der Waals surface area contributed by atoms with Crippen molar-refractivity contribution in [3.8, 4) is 0 Å². The van der Waals surface area contributed by atoms with Crippen molar-refractivity contribution >= 4 is 42.3 Å². The minimum atomic E-state index is -1.17. The third kappa shape index (κ3) is 12.1. The lowest BCUT2D eigenvalue weighted by Crippen LogP contribution is -2.58. The fourth-order valence-electron chi connectivity index (χ4n) is 2.98. The van der Waals surface area contributed by atoms with Crippen molar-refractivity contribution in [3.05, 3.63) is 0 Å². The zero-order chi connectivity index (χ0) is 26.4. The maximum Gasteiger partial charge on any atom is 0.326 e. The molecule has 5 atom stereocenters. The van der Waals surface area contributed by atoms with Gasteiger partial charge in [0.25, 0.3) is 0 Å². The molecule has 13 heteroatoms. The molecule has 196 valence electrons. The van der Waals surface area contributed by atoms with E-state index in [9.17, 15) is 24.3 Å². The van der Waals surface area contributed by atoms with Gasteiger partial charge in [0.1, 0.15) is 18.1 Å². The molecule has 0 fully saturated rings. The molecular weight excluding hydrogens is 462 g/mol. The van der Waals surface area contributed by atoms with Gasteiger partial charge in [-0.25, -0.2) is 4.79 Å². The van der Waals surface area contributed by atoms with Crippen molar-refractivity contribution in [3.63, 3.8) is 0 Å². The molecule has 0 heterocycles. The van der Waals surface area contributed by atoms with Crippen LogP contribution in [-0.2, 0) is 19.2 Å². The maximum absolute atomic E-state index is 13.0. The van der Waals surface area contributed by atoms with Gasteiger partial charge in [-0.3, -0.25) is 19.4 Å². The van der Waals surface area contributed by atoms with Crippen LogP contribution in [0, 0.1) is 11.8 Å². The zero-order valence-corrected chi connectivity index (χ0v) is 21.3. The van der Waals surface area contributed by atoms with E-state index >= 15 is 0 Å². The summed E-state index contributed by atoms with van der Waals surface area (Å²) >= 11 is 4.12. The van der Waals surface area contributed by atoms with Crippen molar-refractivity contribution < 1.29 is 24.3 Å². The highest BCUT2D eigenvalue weighted by atomic mass is 32.1. The second kappa shape index (κ2) is 16.1. The fraction of sp³-hybridized carbons (Fsp3) is 0.762. The van der Waals surface area contributed by atoms with Crippen molar-refractivity contribution in [2.75, 3.05) is 12.3 Å². The van der Waals surface area contributed by atoms with Crippen molar-refractivity contribution in [2.24, 2.45) is 34.0 Å². The Kier molecular flexibility index (Phi) is 14.9. The number of nitrogens with one attached hydrogen (secondary N) is 3. The first-order valence-corrected chi connectivity index (χ1v) is 12.0. The molecule has 0 radical (unpaired) electrons. The molecule has 0 aromatic heterocycles. The summed E-state index contributed by atoms with van der Waals surface area (Å²) in [6.07, 6.45) is 1.47. The van der Waals surface area contributed by atoms with Crippen LogP contribution in [0.1, 0.15) is 53.4 Å². The van der Waals surface area contributed by atoms with Crippen molar-refractivity contribution in [2.45, 2.75) is 77.5 Å². The molecule has 0 aliphatic heterocycles. The highest BCUT2D eigenvalue weighted by Gasteiger charge is 2.30. The quantitative estimate of drug-likeness (QED) is 0.0560. The fourth-order valence-corrected chi connectivity index (χ4v) is 3.24. The number of aliphatic imine (C=N–C) groups is 1. The number of nitrogens with zero attached hydrogens (tertiary/aromatic N) is 1. The first-order valence-electron chi connectivity index (χ1n) is 11.4. The molecule has 0 aliphatic carbocycles. The molecular formula is C21H41N7O5S. The Bertz CT molecular complexity index is 716. The second-order valence-electron chi connectivity index (χ2n) is 8.69. The molecule has 0 rings (SSSR count). The maximum atomic E-state index is 13.0. The van der Waals surface area contributed by atoms with E-state index in [2.05, 4.69) is 33.6 Å². The number of thiol groups is 1. The minimum absolute atomic E-state index is 0.0324. The highest BCUT2D eigenvalue weighted by molar-refractivity contribution is 7.80. The van der Waals surface area contributed by atoms with Gasteiger partial charge in [0.15, 0.2) is 5.96 Å².